The van der Waals surface area contributed by atoms with Crippen molar-refractivity contribution in [3.63, 3.8) is 0 Å². The minimum absolute atomic E-state index is 0.0851. The van der Waals surface area contributed by atoms with Gasteiger partial charge in [-0.3, -0.25) is 19.6 Å². The standard InChI is InChI=1S/C21H20FN3O6S2/c1-13-8-9-16(11-20(13)32(28,29)24-19-7-5-4-6-18(19)22)23-33(30,31)21-12-17(25(26)27)10-14(2)15(21)3/h4-12,23-24H,1-3H3. The van der Waals surface area contributed by atoms with Gasteiger partial charge in [0.2, 0.25) is 0 Å². The van der Waals surface area contributed by atoms with Crippen LogP contribution in [0.1, 0.15) is 16.7 Å². The van der Waals surface area contributed by atoms with Gasteiger partial charge >= 0.3 is 0 Å². The molecule has 3 rings (SSSR count). The molecule has 0 fully saturated rings. The summed E-state index contributed by atoms with van der Waals surface area (Å²) < 4.78 is 70.0. The van der Waals surface area contributed by atoms with Gasteiger partial charge in [-0.25, -0.2) is 21.2 Å². The number of nitrogens with zero attached hydrogens (tertiary/aromatic N) is 1. The fourth-order valence-corrected chi connectivity index (χ4v) is 5.83. The van der Waals surface area contributed by atoms with Gasteiger partial charge < -0.3 is 0 Å². The van der Waals surface area contributed by atoms with E-state index in [9.17, 15) is 31.3 Å². The third-order valence-corrected chi connectivity index (χ3v) is 7.97. The van der Waals surface area contributed by atoms with Crippen molar-refractivity contribution >= 4 is 37.1 Å². The Labute approximate surface area is 190 Å². The molecule has 12 heteroatoms. The van der Waals surface area contributed by atoms with Gasteiger partial charge in [0.1, 0.15) is 5.82 Å². The number of anilines is 2. The Hall–Kier alpha value is -3.51. The van der Waals surface area contributed by atoms with Crippen LogP contribution in [-0.4, -0.2) is 21.8 Å². The fourth-order valence-electron chi connectivity index (χ4n) is 3.10. The molecule has 2 N–H and O–H groups in total. The Morgan fingerprint density at radius 1 is 0.818 bits per heavy atom. The molecule has 3 aromatic rings. The summed E-state index contributed by atoms with van der Waals surface area (Å²) in [6.45, 7) is 4.56. The van der Waals surface area contributed by atoms with Crippen LogP contribution in [0.5, 0.6) is 0 Å². The second kappa shape index (κ2) is 8.79. The topological polar surface area (TPSA) is 135 Å². The molecule has 0 unspecified atom stereocenters. The van der Waals surface area contributed by atoms with Crippen LogP contribution in [0.4, 0.5) is 21.5 Å². The zero-order chi connectivity index (χ0) is 24.6. The Morgan fingerprint density at radius 2 is 1.45 bits per heavy atom. The maximum atomic E-state index is 13.9. The second-order valence-corrected chi connectivity index (χ2v) is 10.6. The maximum absolute atomic E-state index is 13.9. The number of para-hydroxylation sites is 1. The molecule has 0 spiro atoms. The third-order valence-electron chi connectivity index (χ3n) is 4.95. The van der Waals surface area contributed by atoms with Gasteiger partial charge in [0.05, 0.1) is 26.1 Å². The van der Waals surface area contributed by atoms with E-state index in [0.717, 1.165) is 18.2 Å². The molecule has 0 saturated carbocycles. The van der Waals surface area contributed by atoms with Crippen LogP contribution in [0, 0.1) is 36.7 Å². The van der Waals surface area contributed by atoms with Gasteiger partial charge in [0.15, 0.2) is 0 Å². The number of aryl methyl sites for hydroxylation is 2. The highest BCUT2D eigenvalue weighted by Crippen LogP contribution is 2.29. The lowest BCUT2D eigenvalue weighted by atomic mass is 10.1. The fraction of sp³-hybridized carbons (Fsp3) is 0.143. The Balaban J connectivity index is 2.01. The first kappa shape index (κ1) is 24.1. The number of nitro benzene ring substituents is 1. The molecule has 9 nitrogen and oxygen atoms in total. The zero-order valence-corrected chi connectivity index (χ0v) is 19.4. The van der Waals surface area contributed by atoms with Crippen molar-refractivity contribution in [2.24, 2.45) is 0 Å². The molecular weight excluding hydrogens is 473 g/mol. The molecule has 0 heterocycles. The first-order chi connectivity index (χ1) is 15.3. The largest absolute Gasteiger partial charge is 0.280 e. The number of benzene rings is 3. The number of non-ortho nitro benzene ring substituents is 1. The summed E-state index contributed by atoms with van der Waals surface area (Å²) in [6, 6.07) is 11.3. The van der Waals surface area contributed by atoms with Crippen molar-refractivity contribution in [2.75, 3.05) is 9.44 Å². The van der Waals surface area contributed by atoms with Crippen LogP contribution in [0.3, 0.4) is 0 Å². The van der Waals surface area contributed by atoms with E-state index in [4.69, 9.17) is 0 Å². The van der Waals surface area contributed by atoms with Gasteiger partial charge in [0.25, 0.3) is 25.7 Å². The van der Waals surface area contributed by atoms with Gasteiger partial charge in [-0.15, -0.1) is 0 Å². The first-order valence-electron chi connectivity index (χ1n) is 9.48. The average Bonchev–Trinajstić information content (AvgIpc) is 2.72. The first-order valence-corrected chi connectivity index (χ1v) is 12.4. The van der Waals surface area contributed by atoms with Crippen molar-refractivity contribution in [3.8, 4) is 0 Å². The van der Waals surface area contributed by atoms with Crippen molar-refractivity contribution < 1.29 is 26.1 Å². The molecule has 0 saturated heterocycles. The van der Waals surface area contributed by atoms with Crippen molar-refractivity contribution in [1.82, 2.24) is 0 Å². The molecule has 0 amide bonds. The molecule has 0 atom stereocenters. The molecule has 0 aromatic heterocycles. The van der Waals surface area contributed by atoms with Crippen LogP contribution in [-0.2, 0) is 20.0 Å². The molecule has 0 aliphatic heterocycles. The predicted octanol–water partition coefficient (Wildman–Crippen LogP) is 4.26. The van der Waals surface area contributed by atoms with Crippen LogP contribution in [0.15, 0.2) is 64.4 Å². The van der Waals surface area contributed by atoms with Crippen molar-refractivity contribution in [2.45, 2.75) is 30.6 Å². The monoisotopic (exact) mass is 493 g/mol. The van der Waals surface area contributed by atoms with Crippen LogP contribution < -0.4 is 9.44 Å². The predicted molar refractivity (Wildman–Crippen MR) is 122 cm³/mol. The van der Waals surface area contributed by atoms with E-state index in [1.165, 1.54) is 50.2 Å². The molecule has 0 radical (unpaired) electrons. The highest BCUT2D eigenvalue weighted by Gasteiger charge is 2.24. The zero-order valence-electron chi connectivity index (χ0n) is 17.8. The third kappa shape index (κ3) is 5.12. The summed E-state index contributed by atoms with van der Waals surface area (Å²) in [5.41, 5.74) is 0.285. The van der Waals surface area contributed by atoms with E-state index in [2.05, 4.69) is 9.44 Å². The minimum atomic E-state index is -4.29. The molecule has 0 aliphatic carbocycles. The van der Waals surface area contributed by atoms with Crippen LogP contribution in [0.25, 0.3) is 0 Å². The number of hydrogen-bond acceptors (Lipinski definition) is 6. The minimum Gasteiger partial charge on any atom is -0.280 e. The van der Waals surface area contributed by atoms with Crippen LogP contribution >= 0.6 is 0 Å². The molecule has 0 aliphatic rings. The normalized spacial score (nSPS) is 11.8. The maximum Gasteiger partial charge on any atom is 0.271 e. The smallest absolute Gasteiger partial charge is 0.271 e. The van der Waals surface area contributed by atoms with Crippen molar-refractivity contribution in [3.05, 3.63) is 87.2 Å². The summed E-state index contributed by atoms with van der Waals surface area (Å²) in [6.07, 6.45) is 0. The molecule has 174 valence electrons. The van der Waals surface area contributed by atoms with E-state index in [0.29, 0.717) is 16.7 Å². The SMILES string of the molecule is Cc1ccc(NS(=O)(=O)c2cc([N+](=O)[O-])cc(C)c2C)cc1S(=O)(=O)Nc1ccccc1F. The second-order valence-electron chi connectivity index (χ2n) is 7.31. The molecular formula is C21H20FN3O6S2. The number of sulfonamides is 2. The summed E-state index contributed by atoms with van der Waals surface area (Å²) in [5.74, 6) is -0.771. The summed E-state index contributed by atoms with van der Waals surface area (Å²) in [5, 5.41) is 11.2. The van der Waals surface area contributed by atoms with Gasteiger partial charge in [-0.1, -0.05) is 18.2 Å². The van der Waals surface area contributed by atoms with Gasteiger partial charge in [0, 0.05) is 12.1 Å². The molecule has 0 bridgehead atoms. The lowest BCUT2D eigenvalue weighted by molar-refractivity contribution is -0.385. The number of nitrogens with one attached hydrogen (secondary N) is 2. The van der Waals surface area contributed by atoms with E-state index in [-0.39, 0.29) is 26.9 Å². The van der Waals surface area contributed by atoms with E-state index in [1.54, 1.807) is 6.92 Å². The lowest BCUT2D eigenvalue weighted by Crippen LogP contribution is -2.18. The summed E-state index contributed by atoms with van der Waals surface area (Å²) in [4.78, 5) is 9.89. The Bertz CT molecular complexity index is 1470. The summed E-state index contributed by atoms with van der Waals surface area (Å²) >= 11 is 0. The lowest BCUT2D eigenvalue weighted by Gasteiger charge is -2.15. The molecule has 3 aromatic carbocycles. The van der Waals surface area contributed by atoms with E-state index >= 15 is 0 Å². The Kier molecular flexibility index (Phi) is 6.43. The van der Waals surface area contributed by atoms with Gasteiger partial charge in [-0.2, -0.15) is 0 Å². The number of rotatable bonds is 7. The summed E-state index contributed by atoms with van der Waals surface area (Å²) in [7, 11) is -8.55. The number of nitro groups is 1. The highest BCUT2D eigenvalue weighted by molar-refractivity contribution is 7.93. The Morgan fingerprint density at radius 3 is 2.09 bits per heavy atom. The van der Waals surface area contributed by atoms with E-state index in [1.807, 2.05) is 0 Å². The number of hydrogen-bond donors (Lipinski definition) is 2. The van der Waals surface area contributed by atoms with Crippen LogP contribution in [0.2, 0.25) is 0 Å². The van der Waals surface area contributed by atoms with E-state index < -0.39 is 30.8 Å². The van der Waals surface area contributed by atoms with Crippen molar-refractivity contribution in [1.29, 1.82) is 0 Å². The van der Waals surface area contributed by atoms with Gasteiger partial charge in [-0.05, 0) is 61.7 Å². The average molecular weight is 494 g/mol. The molecule has 33 heavy (non-hydrogen) atoms. The quantitative estimate of drug-likeness (QED) is 0.373. The number of halogens is 1. The highest BCUT2D eigenvalue weighted by atomic mass is 32.2.